The number of hydrogen-bond donors (Lipinski definition) is 3. The van der Waals surface area contributed by atoms with Gasteiger partial charge in [0.05, 0.1) is 0 Å². The summed E-state index contributed by atoms with van der Waals surface area (Å²) in [6.45, 7) is 1.08. The standard InChI is InChI=1S/C5H5N.C2H4O2.H3O3P/c1-2-4-6-5-3-1;1-2(3)4;1-4(2)3/h1-5H;1H3,(H,3,4);4H,(H2,1,2,3). The van der Waals surface area contributed by atoms with Crippen molar-refractivity contribution in [3.63, 3.8) is 0 Å². The van der Waals surface area contributed by atoms with Crippen LogP contribution in [0.3, 0.4) is 0 Å². The summed E-state index contributed by atoms with van der Waals surface area (Å²) in [6.07, 6.45) is 3.50. The third kappa shape index (κ3) is 45.2. The number of aliphatic carboxylic acids is 1. The third-order valence-corrected chi connectivity index (χ3v) is 0.566. The molecule has 0 aliphatic carbocycles. The monoisotopic (exact) mass is 221 g/mol. The lowest BCUT2D eigenvalue weighted by Gasteiger charge is -1.70. The quantitative estimate of drug-likeness (QED) is 0.551. The van der Waals surface area contributed by atoms with Crippen LogP contribution in [0.15, 0.2) is 30.6 Å². The first-order valence-corrected chi connectivity index (χ1v) is 4.73. The molecule has 1 aromatic heterocycles. The van der Waals surface area contributed by atoms with Gasteiger partial charge in [0, 0.05) is 19.3 Å². The van der Waals surface area contributed by atoms with Crippen molar-refractivity contribution in [3.05, 3.63) is 30.6 Å². The van der Waals surface area contributed by atoms with E-state index in [2.05, 4.69) is 4.98 Å². The van der Waals surface area contributed by atoms with Crippen LogP contribution >= 0.6 is 8.25 Å². The van der Waals surface area contributed by atoms with E-state index in [0.29, 0.717) is 0 Å². The Hall–Kier alpha value is -1.23. The molecule has 3 N–H and O–H groups in total. The van der Waals surface area contributed by atoms with Gasteiger partial charge in [0.25, 0.3) is 5.97 Å². The summed E-state index contributed by atoms with van der Waals surface area (Å²) >= 11 is 0. The predicted molar refractivity (Wildman–Crippen MR) is 51.0 cm³/mol. The highest BCUT2D eigenvalue weighted by Crippen LogP contribution is 1.98. The molecule has 1 heterocycles. The number of nitrogens with zero attached hydrogens (tertiary/aromatic N) is 1. The SMILES string of the molecule is CC(=O)O.O=[PH](O)O.c1ccncc1. The van der Waals surface area contributed by atoms with E-state index in [0.717, 1.165) is 6.92 Å². The zero-order valence-corrected chi connectivity index (χ0v) is 8.49. The average Bonchev–Trinajstić information content (AvgIpc) is 2.05. The smallest absolute Gasteiger partial charge is 0.314 e. The van der Waals surface area contributed by atoms with Crippen LogP contribution in [0.2, 0.25) is 0 Å². The highest BCUT2D eigenvalue weighted by atomic mass is 31.1. The normalized spacial score (nSPS) is 7.71. The van der Waals surface area contributed by atoms with Crippen molar-refractivity contribution < 1.29 is 24.3 Å². The molecular weight excluding hydrogens is 209 g/mol. The molecule has 6 nitrogen and oxygen atoms in total. The lowest BCUT2D eigenvalue weighted by atomic mass is 10.5. The molecule has 0 spiro atoms. The first kappa shape index (κ1) is 15.3. The second-order valence-corrected chi connectivity index (χ2v) is 2.39. The van der Waals surface area contributed by atoms with E-state index in [4.69, 9.17) is 24.3 Å². The summed E-state index contributed by atoms with van der Waals surface area (Å²) in [4.78, 5) is 27.1. The fourth-order valence-electron chi connectivity index (χ4n) is 0.313. The summed E-state index contributed by atoms with van der Waals surface area (Å²) in [5.41, 5.74) is 0. The first-order valence-electron chi connectivity index (χ1n) is 3.43. The van der Waals surface area contributed by atoms with Gasteiger partial charge in [-0.2, -0.15) is 0 Å². The minimum atomic E-state index is -3.13. The zero-order chi connectivity index (χ0) is 11.4. The van der Waals surface area contributed by atoms with Crippen LogP contribution < -0.4 is 0 Å². The van der Waals surface area contributed by atoms with Crippen molar-refractivity contribution in [3.8, 4) is 0 Å². The Balaban J connectivity index is 0. The van der Waals surface area contributed by atoms with Crippen LogP contribution in [0.5, 0.6) is 0 Å². The van der Waals surface area contributed by atoms with Gasteiger partial charge in [-0.3, -0.25) is 14.3 Å². The van der Waals surface area contributed by atoms with Crippen molar-refractivity contribution in [1.29, 1.82) is 0 Å². The second-order valence-electron chi connectivity index (χ2n) is 1.83. The lowest BCUT2D eigenvalue weighted by molar-refractivity contribution is -0.134. The highest BCUT2D eigenvalue weighted by molar-refractivity contribution is 7.30. The summed E-state index contributed by atoms with van der Waals surface area (Å²) in [5.74, 6) is -0.833. The van der Waals surface area contributed by atoms with Crippen LogP contribution in [0.1, 0.15) is 6.92 Å². The van der Waals surface area contributed by atoms with Crippen molar-refractivity contribution >= 4 is 14.2 Å². The fourth-order valence-corrected chi connectivity index (χ4v) is 0.313. The van der Waals surface area contributed by atoms with Crippen LogP contribution in [-0.4, -0.2) is 25.8 Å². The van der Waals surface area contributed by atoms with Crippen molar-refractivity contribution in [1.82, 2.24) is 4.98 Å². The minimum absolute atomic E-state index is 0.833. The molecule has 0 bridgehead atoms. The number of aromatic nitrogens is 1. The third-order valence-electron chi connectivity index (χ3n) is 0.566. The van der Waals surface area contributed by atoms with Gasteiger partial charge in [0.15, 0.2) is 0 Å². The van der Waals surface area contributed by atoms with E-state index in [1.165, 1.54) is 0 Å². The largest absolute Gasteiger partial charge is 0.481 e. The number of carbonyl (C=O) groups is 1. The van der Waals surface area contributed by atoms with Gasteiger partial charge >= 0.3 is 8.25 Å². The van der Waals surface area contributed by atoms with Gasteiger partial charge in [0.2, 0.25) is 0 Å². The van der Waals surface area contributed by atoms with E-state index in [9.17, 15) is 0 Å². The second kappa shape index (κ2) is 11.8. The lowest BCUT2D eigenvalue weighted by Crippen LogP contribution is -1.78. The van der Waals surface area contributed by atoms with E-state index in [1.807, 2.05) is 18.2 Å². The van der Waals surface area contributed by atoms with Crippen LogP contribution in [0.4, 0.5) is 0 Å². The molecule has 7 heteroatoms. The summed E-state index contributed by atoms with van der Waals surface area (Å²) in [5, 5.41) is 7.42. The summed E-state index contributed by atoms with van der Waals surface area (Å²) in [6, 6.07) is 5.72. The maximum atomic E-state index is 9.00. The topological polar surface area (TPSA) is 108 Å². The molecule has 1 aromatic rings. The molecule has 80 valence electrons. The predicted octanol–water partition coefficient (Wildman–Crippen LogP) is 0.533. The molecule has 0 amide bonds. The maximum absolute atomic E-state index is 9.00. The van der Waals surface area contributed by atoms with E-state index >= 15 is 0 Å². The van der Waals surface area contributed by atoms with Crippen LogP contribution in [-0.2, 0) is 9.36 Å². The number of carboxylic acid groups (broad SMARTS) is 1. The molecule has 0 aromatic carbocycles. The molecule has 0 unspecified atom stereocenters. The summed E-state index contributed by atoms with van der Waals surface area (Å²) in [7, 11) is -3.13. The Bertz CT molecular complexity index is 207. The van der Waals surface area contributed by atoms with Gasteiger partial charge < -0.3 is 14.9 Å². The average molecular weight is 221 g/mol. The number of carboxylic acids is 1. The minimum Gasteiger partial charge on any atom is -0.481 e. The molecule has 0 saturated heterocycles. The van der Waals surface area contributed by atoms with E-state index in [-0.39, 0.29) is 0 Å². The Morgan fingerprint density at radius 1 is 1.21 bits per heavy atom. The fraction of sp³-hybridized carbons (Fsp3) is 0.143. The molecule has 0 saturated carbocycles. The summed E-state index contributed by atoms with van der Waals surface area (Å²) < 4.78 is 8.74. The Kier molecular flexibility index (Phi) is 12.8. The maximum Gasteiger partial charge on any atom is 0.314 e. The van der Waals surface area contributed by atoms with Gasteiger partial charge in [-0.05, 0) is 12.1 Å². The number of rotatable bonds is 0. The molecule has 14 heavy (non-hydrogen) atoms. The number of pyridine rings is 1. The molecule has 0 fully saturated rings. The number of hydrogen-bond acceptors (Lipinski definition) is 3. The molecule has 1 rings (SSSR count). The highest BCUT2D eigenvalue weighted by Gasteiger charge is 1.65. The Labute approximate surface area is 81.8 Å². The van der Waals surface area contributed by atoms with Crippen LogP contribution in [0.25, 0.3) is 0 Å². The first-order chi connectivity index (χ1) is 6.46. The van der Waals surface area contributed by atoms with Gasteiger partial charge in [-0.25, -0.2) is 0 Å². The molecule has 0 aliphatic heterocycles. The molecule has 0 aliphatic rings. The van der Waals surface area contributed by atoms with Crippen LogP contribution in [0, 0.1) is 0 Å². The molecule has 0 radical (unpaired) electrons. The van der Waals surface area contributed by atoms with E-state index < -0.39 is 14.2 Å². The van der Waals surface area contributed by atoms with Crippen molar-refractivity contribution in [2.75, 3.05) is 0 Å². The molecule has 0 atom stereocenters. The molecular formula is C7H12NO5P. The van der Waals surface area contributed by atoms with Gasteiger partial charge in [-0.15, -0.1) is 0 Å². The van der Waals surface area contributed by atoms with Gasteiger partial charge in [-0.1, -0.05) is 6.07 Å². The van der Waals surface area contributed by atoms with Crippen molar-refractivity contribution in [2.24, 2.45) is 0 Å². The Morgan fingerprint density at radius 2 is 1.50 bits per heavy atom. The zero-order valence-electron chi connectivity index (χ0n) is 7.49. The van der Waals surface area contributed by atoms with Gasteiger partial charge in [0.1, 0.15) is 0 Å². The van der Waals surface area contributed by atoms with E-state index in [1.54, 1.807) is 12.4 Å². The Morgan fingerprint density at radius 3 is 1.57 bits per heavy atom. The van der Waals surface area contributed by atoms with Crippen molar-refractivity contribution in [2.45, 2.75) is 6.92 Å².